The standard InChI is InChI=1S/C24H27FN3O2PS.C2H6.C2H2/c1-13-10-17(12-21(29-4)23(13)30-5)27-15(3)32-24(14(2)26)20-9-8-19(28-20)18-7-6-16(25)11-22(18)31;2*1-2/h6-8,10-12,27H,3,9,26,31H2,1-2,4-5H3;1-2H3;1-2H/b24-14+;;. The molecule has 0 spiro atoms. The Bertz CT molecular complexity index is 1200. The summed E-state index contributed by atoms with van der Waals surface area (Å²) in [6.45, 7) is 11.9. The van der Waals surface area contributed by atoms with Crippen molar-refractivity contribution in [3.05, 3.63) is 75.6 Å². The molecule has 0 saturated heterocycles. The molecule has 1 unspecified atom stereocenters. The van der Waals surface area contributed by atoms with Gasteiger partial charge in [0.15, 0.2) is 11.5 Å². The molecule has 36 heavy (non-hydrogen) atoms. The predicted molar refractivity (Wildman–Crippen MR) is 159 cm³/mol. The molecule has 3 rings (SSSR count). The molecule has 192 valence electrons. The Hall–Kier alpha value is -3.20. The second kappa shape index (κ2) is 15.0. The lowest BCUT2D eigenvalue weighted by molar-refractivity contribution is 0.353. The highest BCUT2D eigenvalue weighted by atomic mass is 32.2. The molecule has 5 nitrogen and oxygen atoms in total. The van der Waals surface area contributed by atoms with Crippen LogP contribution in [0.3, 0.4) is 0 Å². The Labute approximate surface area is 221 Å². The third-order valence-corrected chi connectivity index (χ3v) is 6.42. The summed E-state index contributed by atoms with van der Waals surface area (Å²) >= 11 is 1.43. The summed E-state index contributed by atoms with van der Waals surface area (Å²) in [6.07, 6.45) is 10.7. The number of hydrogen-bond donors (Lipinski definition) is 2. The van der Waals surface area contributed by atoms with Gasteiger partial charge in [0.2, 0.25) is 0 Å². The highest BCUT2D eigenvalue weighted by Crippen LogP contribution is 2.37. The quantitative estimate of drug-likeness (QED) is 0.298. The number of aryl methyl sites for hydroxylation is 1. The molecular weight excluding hydrogens is 492 g/mol. The van der Waals surface area contributed by atoms with E-state index in [-0.39, 0.29) is 5.82 Å². The molecule has 0 bridgehead atoms. The molecule has 0 saturated carbocycles. The van der Waals surface area contributed by atoms with Crippen molar-refractivity contribution in [3.63, 3.8) is 0 Å². The van der Waals surface area contributed by atoms with E-state index in [4.69, 9.17) is 20.2 Å². The normalized spacial score (nSPS) is 12.5. The number of halogens is 1. The van der Waals surface area contributed by atoms with Gasteiger partial charge in [-0.1, -0.05) is 38.3 Å². The van der Waals surface area contributed by atoms with Crippen LogP contribution in [-0.4, -0.2) is 19.9 Å². The number of nitrogens with one attached hydrogen (secondary N) is 1. The van der Waals surface area contributed by atoms with Crippen molar-refractivity contribution in [2.45, 2.75) is 34.1 Å². The third kappa shape index (κ3) is 7.91. The summed E-state index contributed by atoms with van der Waals surface area (Å²) in [5.41, 5.74) is 11.2. The zero-order chi connectivity index (χ0) is 27.4. The van der Waals surface area contributed by atoms with Crippen LogP contribution in [0, 0.1) is 25.6 Å². The Kier molecular flexibility index (Phi) is 12.9. The fourth-order valence-electron chi connectivity index (χ4n) is 3.41. The van der Waals surface area contributed by atoms with E-state index in [1.807, 2.05) is 45.9 Å². The maximum atomic E-state index is 13.5. The number of benzene rings is 2. The average Bonchev–Trinajstić information content (AvgIpc) is 3.34. The number of ether oxygens (including phenoxy) is 2. The van der Waals surface area contributed by atoms with Crippen LogP contribution in [0.2, 0.25) is 0 Å². The molecule has 1 heterocycles. The van der Waals surface area contributed by atoms with Crippen LogP contribution in [0.4, 0.5) is 10.1 Å². The minimum absolute atomic E-state index is 0.275. The number of allylic oxidation sites excluding steroid dienone is 3. The largest absolute Gasteiger partial charge is 0.493 e. The van der Waals surface area contributed by atoms with Crippen LogP contribution in [0.15, 0.2) is 63.6 Å². The van der Waals surface area contributed by atoms with E-state index in [0.29, 0.717) is 28.6 Å². The molecule has 8 heteroatoms. The molecule has 0 aromatic heterocycles. The average molecular weight is 528 g/mol. The van der Waals surface area contributed by atoms with Crippen LogP contribution in [0.5, 0.6) is 11.5 Å². The van der Waals surface area contributed by atoms with Crippen molar-refractivity contribution in [3.8, 4) is 24.3 Å². The Balaban J connectivity index is 0.00000154. The molecule has 0 fully saturated rings. The highest BCUT2D eigenvalue weighted by Gasteiger charge is 2.19. The lowest BCUT2D eigenvalue weighted by Crippen LogP contribution is -2.07. The molecule has 0 aliphatic carbocycles. The number of terminal acetylenes is 1. The van der Waals surface area contributed by atoms with Crippen molar-refractivity contribution >= 4 is 43.4 Å². The lowest BCUT2D eigenvalue weighted by Gasteiger charge is -2.16. The van der Waals surface area contributed by atoms with Gasteiger partial charge in [0.1, 0.15) is 5.82 Å². The summed E-state index contributed by atoms with van der Waals surface area (Å²) in [5.74, 6) is 1.06. The molecule has 2 aromatic carbocycles. The summed E-state index contributed by atoms with van der Waals surface area (Å²) in [4.78, 5) is 5.62. The number of methoxy groups -OCH3 is 2. The predicted octanol–water partition coefficient (Wildman–Crippen LogP) is 6.62. The topological polar surface area (TPSA) is 68.9 Å². The lowest BCUT2D eigenvalue weighted by atomic mass is 10.1. The van der Waals surface area contributed by atoms with Crippen LogP contribution in [0.25, 0.3) is 5.70 Å². The maximum Gasteiger partial charge on any atom is 0.163 e. The van der Waals surface area contributed by atoms with Gasteiger partial charge in [0, 0.05) is 29.4 Å². The molecule has 0 amide bonds. The first-order chi connectivity index (χ1) is 17.2. The van der Waals surface area contributed by atoms with Gasteiger partial charge < -0.3 is 20.5 Å². The van der Waals surface area contributed by atoms with E-state index in [9.17, 15) is 4.39 Å². The first-order valence-electron chi connectivity index (χ1n) is 11.2. The van der Waals surface area contributed by atoms with Crippen LogP contribution in [0.1, 0.15) is 38.3 Å². The molecule has 1 atom stereocenters. The number of nitrogens with two attached hydrogens (primary N) is 1. The molecule has 3 N–H and O–H groups in total. The van der Waals surface area contributed by atoms with Crippen LogP contribution in [-0.2, 0) is 0 Å². The summed E-state index contributed by atoms with van der Waals surface area (Å²) in [7, 11) is 5.78. The second-order valence-corrected chi connectivity index (χ2v) is 9.00. The van der Waals surface area contributed by atoms with Crippen molar-refractivity contribution in [2.24, 2.45) is 10.7 Å². The van der Waals surface area contributed by atoms with Crippen molar-refractivity contribution in [2.75, 3.05) is 19.5 Å². The molecule has 2 aromatic rings. The third-order valence-electron chi connectivity index (χ3n) is 4.83. The summed E-state index contributed by atoms with van der Waals surface area (Å²) in [5, 5.41) is 4.76. The first kappa shape index (κ1) is 30.8. The van der Waals surface area contributed by atoms with Gasteiger partial charge in [0.05, 0.1) is 35.6 Å². The minimum atomic E-state index is -0.275. The van der Waals surface area contributed by atoms with Gasteiger partial charge in [0.25, 0.3) is 0 Å². The van der Waals surface area contributed by atoms with Gasteiger partial charge in [-0.2, -0.15) is 0 Å². The second-order valence-electron chi connectivity index (χ2n) is 7.27. The molecule has 1 aliphatic heterocycles. The van der Waals surface area contributed by atoms with Crippen molar-refractivity contribution < 1.29 is 13.9 Å². The van der Waals surface area contributed by atoms with Crippen molar-refractivity contribution in [1.82, 2.24) is 0 Å². The highest BCUT2D eigenvalue weighted by molar-refractivity contribution is 8.07. The number of thioether (sulfide) groups is 1. The fraction of sp³-hybridized carbons (Fsp3) is 0.250. The SMILES string of the molecule is C#C.C=C(Nc1cc(C)c(OC)c(OC)c1)S/C(C1=NC(c2ccc(F)cc2P)=CC1)=C(\C)N.CC. The zero-order valence-electron chi connectivity index (χ0n) is 21.7. The summed E-state index contributed by atoms with van der Waals surface area (Å²) in [6, 6.07) is 8.48. The minimum Gasteiger partial charge on any atom is -0.493 e. The number of hydrogen-bond acceptors (Lipinski definition) is 6. The number of nitrogens with zero attached hydrogens (tertiary/aromatic N) is 1. The fourth-order valence-corrected chi connectivity index (χ4v) is 4.64. The maximum absolute atomic E-state index is 13.5. The van der Waals surface area contributed by atoms with E-state index in [2.05, 4.69) is 34.0 Å². The van der Waals surface area contributed by atoms with Crippen molar-refractivity contribution in [1.29, 1.82) is 0 Å². The van der Waals surface area contributed by atoms with Crippen LogP contribution < -0.4 is 25.8 Å². The Morgan fingerprint density at radius 3 is 2.42 bits per heavy atom. The number of anilines is 1. The van der Waals surface area contributed by atoms with Gasteiger partial charge in [-0.15, -0.1) is 22.1 Å². The Morgan fingerprint density at radius 1 is 1.19 bits per heavy atom. The van der Waals surface area contributed by atoms with Gasteiger partial charge >= 0.3 is 0 Å². The van der Waals surface area contributed by atoms with Gasteiger partial charge in [-0.05, 0) is 49.0 Å². The molecule has 1 aliphatic rings. The number of aliphatic imine (C=N–C) groups is 1. The summed E-state index contributed by atoms with van der Waals surface area (Å²) < 4.78 is 24.3. The molecular formula is C28H35FN3O2PS. The van der Waals surface area contributed by atoms with Gasteiger partial charge in [-0.25, -0.2) is 4.39 Å². The van der Waals surface area contributed by atoms with E-state index in [0.717, 1.165) is 38.4 Å². The Morgan fingerprint density at radius 2 is 1.86 bits per heavy atom. The monoisotopic (exact) mass is 527 g/mol. The van der Waals surface area contributed by atoms with E-state index < -0.39 is 0 Å². The molecule has 0 radical (unpaired) electrons. The number of rotatable bonds is 8. The first-order valence-corrected chi connectivity index (χ1v) is 12.6. The zero-order valence-corrected chi connectivity index (χ0v) is 23.7. The van der Waals surface area contributed by atoms with E-state index in [1.165, 1.54) is 23.9 Å². The van der Waals surface area contributed by atoms with Gasteiger partial charge in [-0.3, -0.25) is 4.99 Å². The van der Waals surface area contributed by atoms with Crippen LogP contribution >= 0.6 is 21.0 Å². The van der Waals surface area contributed by atoms with E-state index >= 15 is 0 Å². The van der Waals surface area contributed by atoms with E-state index in [1.54, 1.807) is 20.3 Å². The smallest absolute Gasteiger partial charge is 0.163 e.